The van der Waals surface area contributed by atoms with Crippen molar-refractivity contribution in [2.24, 2.45) is 0 Å². The molecule has 0 radical (unpaired) electrons. The molecule has 0 aliphatic carbocycles. The Bertz CT molecular complexity index is 806. The van der Waals surface area contributed by atoms with E-state index in [1.807, 2.05) is 0 Å². The summed E-state index contributed by atoms with van der Waals surface area (Å²) in [5, 5.41) is 0. The highest BCUT2D eigenvalue weighted by Crippen LogP contribution is 2.24. The van der Waals surface area contributed by atoms with Crippen LogP contribution in [0, 0.1) is 0 Å². The average Bonchev–Trinajstić information content (AvgIpc) is 2.67. The maximum absolute atomic E-state index is 12.5. The van der Waals surface area contributed by atoms with E-state index in [0.29, 0.717) is 37.4 Å². The van der Waals surface area contributed by atoms with Crippen LogP contribution in [0.15, 0.2) is 36.5 Å². The molecule has 1 aliphatic heterocycles. The number of halogens is 3. The van der Waals surface area contributed by atoms with Gasteiger partial charge in [-0.3, -0.25) is 4.79 Å². The van der Waals surface area contributed by atoms with Gasteiger partial charge in [-0.2, -0.15) is 4.98 Å². The van der Waals surface area contributed by atoms with E-state index in [2.05, 4.69) is 14.7 Å². The number of rotatable bonds is 5. The highest BCUT2D eigenvalue weighted by atomic mass is 19.4. The number of nitrogens with zero attached hydrogens (tertiary/aromatic N) is 3. The van der Waals surface area contributed by atoms with E-state index in [1.54, 1.807) is 11.0 Å². The van der Waals surface area contributed by atoms with Crippen LogP contribution in [0.5, 0.6) is 17.6 Å². The maximum atomic E-state index is 12.5. The summed E-state index contributed by atoms with van der Waals surface area (Å²) < 4.78 is 51.2. The molecule has 3 rings (SSSR count). The third kappa shape index (κ3) is 5.24. The van der Waals surface area contributed by atoms with Crippen molar-refractivity contribution in [3.63, 3.8) is 0 Å². The van der Waals surface area contributed by atoms with Crippen molar-refractivity contribution in [2.75, 3.05) is 20.2 Å². The van der Waals surface area contributed by atoms with Gasteiger partial charge in [0.1, 0.15) is 11.9 Å². The molecule has 2 heterocycles. The number of carbonyl (C=O) groups is 1. The molecule has 28 heavy (non-hydrogen) atoms. The molecule has 1 amide bonds. The minimum atomic E-state index is -4.76. The zero-order valence-electron chi connectivity index (χ0n) is 15.0. The van der Waals surface area contributed by atoms with Crippen molar-refractivity contribution >= 4 is 5.91 Å². The smallest absolute Gasteiger partial charge is 0.474 e. The highest BCUT2D eigenvalue weighted by molar-refractivity contribution is 5.94. The predicted octanol–water partition coefficient (Wildman–Crippen LogP) is 3.07. The van der Waals surface area contributed by atoms with Crippen molar-refractivity contribution < 1.29 is 32.2 Å². The van der Waals surface area contributed by atoms with Crippen LogP contribution in [0.4, 0.5) is 13.2 Å². The van der Waals surface area contributed by atoms with Crippen LogP contribution < -0.4 is 14.2 Å². The third-order valence-corrected chi connectivity index (χ3v) is 4.14. The van der Waals surface area contributed by atoms with Crippen LogP contribution in [0.25, 0.3) is 0 Å². The van der Waals surface area contributed by atoms with Crippen molar-refractivity contribution in [1.82, 2.24) is 14.9 Å². The second-order valence-corrected chi connectivity index (χ2v) is 6.06. The summed E-state index contributed by atoms with van der Waals surface area (Å²) in [6.45, 7) is 0.930. The Hall–Kier alpha value is -3.04. The summed E-state index contributed by atoms with van der Waals surface area (Å²) in [4.78, 5) is 22.2. The van der Waals surface area contributed by atoms with Gasteiger partial charge in [0.25, 0.3) is 5.91 Å². The molecule has 7 nitrogen and oxygen atoms in total. The molecule has 150 valence electrons. The van der Waals surface area contributed by atoms with E-state index < -0.39 is 6.36 Å². The average molecular weight is 397 g/mol. The van der Waals surface area contributed by atoms with E-state index in [9.17, 15) is 18.0 Å². The molecular formula is C18H18F3N3O4. The first-order chi connectivity index (χ1) is 13.3. The molecule has 1 aromatic heterocycles. The van der Waals surface area contributed by atoms with Gasteiger partial charge >= 0.3 is 12.4 Å². The summed E-state index contributed by atoms with van der Waals surface area (Å²) in [5.74, 6) is -0.214. The molecule has 0 saturated carbocycles. The van der Waals surface area contributed by atoms with Gasteiger partial charge < -0.3 is 19.1 Å². The van der Waals surface area contributed by atoms with Gasteiger partial charge in [-0.25, -0.2) is 4.98 Å². The van der Waals surface area contributed by atoms with Crippen LogP contribution in [-0.4, -0.2) is 53.4 Å². The molecule has 0 atom stereocenters. The molecule has 1 aliphatic rings. The van der Waals surface area contributed by atoms with Crippen molar-refractivity contribution in [3.05, 3.63) is 42.1 Å². The third-order valence-electron chi connectivity index (χ3n) is 4.14. The number of likely N-dealkylation sites (tertiary alicyclic amines) is 1. The van der Waals surface area contributed by atoms with Crippen LogP contribution in [0.1, 0.15) is 23.2 Å². The Morgan fingerprint density at radius 2 is 1.82 bits per heavy atom. The number of amides is 1. The zero-order chi connectivity index (χ0) is 20.1. The first-order valence-electron chi connectivity index (χ1n) is 8.53. The van der Waals surface area contributed by atoms with E-state index in [0.717, 1.165) is 12.1 Å². The molecule has 1 saturated heterocycles. The summed E-state index contributed by atoms with van der Waals surface area (Å²) in [6.07, 6.45) is -2.13. The fourth-order valence-electron chi connectivity index (χ4n) is 2.82. The molecular weight excluding hydrogens is 379 g/mol. The number of ether oxygens (including phenoxy) is 3. The quantitative estimate of drug-likeness (QED) is 0.772. The van der Waals surface area contributed by atoms with Gasteiger partial charge in [0.05, 0.1) is 7.11 Å². The van der Waals surface area contributed by atoms with Gasteiger partial charge in [-0.05, 0) is 24.3 Å². The summed E-state index contributed by atoms with van der Waals surface area (Å²) in [5.41, 5.74) is 0.300. The zero-order valence-corrected chi connectivity index (χ0v) is 15.0. The Kier molecular flexibility index (Phi) is 5.86. The number of hydrogen-bond donors (Lipinski definition) is 0. The van der Waals surface area contributed by atoms with Gasteiger partial charge in [0.15, 0.2) is 0 Å². The molecule has 1 aromatic carbocycles. The summed E-state index contributed by atoms with van der Waals surface area (Å²) >= 11 is 0. The number of methoxy groups -OCH3 is 1. The van der Waals surface area contributed by atoms with E-state index in [4.69, 9.17) is 9.47 Å². The largest absolute Gasteiger partial charge is 0.573 e. The number of alkyl halides is 3. The molecule has 0 bridgehead atoms. The first-order valence-corrected chi connectivity index (χ1v) is 8.53. The summed E-state index contributed by atoms with van der Waals surface area (Å²) in [6, 6.07) is 6.73. The van der Waals surface area contributed by atoms with Crippen LogP contribution in [0.3, 0.4) is 0 Å². The highest BCUT2D eigenvalue weighted by Gasteiger charge is 2.31. The van der Waals surface area contributed by atoms with Gasteiger partial charge in [-0.15, -0.1) is 13.2 Å². The van der Waals surface area contributed by atoms with E-state index in [1.165, 1.54) is 25.4 Å². The predicted molar refractivity (Wildman–Crippen MR) is 91.3 cm³/mol. The van der Waals surface area contributed by atoms with Crippen molar-refractivity contribution in [3.8, 4) is 17.6 Å². The number of piperidine rings is 1. The van der Waals surface area contributed by atoms with Crippen molar-refractivity contribution in [2.45, 2.75) is 25.3 Å². The Labute approximate surface area is 159 Å². The van der Waals surface area contributed by atoms with Crippen LogP contribution >= 0.6 is 0 Å². The fraction of sp³-hybridized carbons (Fsp3) is 0.389. The minimum absolute atomic E-state index is 0.105. The number of benzene rings is 1. The van der Waals surface area contributed by atoms with Crippen molar-refractivity contribution in [1.29, 1.82) is 0 Å². The topological polar surface area (TPSA) is 73.8 Å². The minimum Gasteiger partial charge on any atom is -0.474 e. The SMILES string of the molecule is COc1nccc(OC2CCN(C(=O)c3ccc(OC(F)(F)F)cc3)CC2)n1. The monoisotopic (exact) mass is 397 g/mol. The molecule has 0 N–H and O–H groups in total. The van der Waals surface area contributed by atoms with E-state index >= 15 is 0 Å². The van der Waals surface area contributed by atoms with E-state index in [-0.39, 0.29) is 23.8 Å². The lowest BCUT2D eigenvalue weighted by atomic mass is 10.1. The normalized spacial score (nSPS) is 15.2. The van der Waals surface area contributed by atoms with Gasteiger partial charge in [-0.1, -0.05) is 0 Å². The standard InChI is InChI=1S/C18H18F3N3O4/c1-26-17-22-9-6-15(23-17)27-13-7-10-24(11-8-13)16(25)12-2-4-14(5-3-12)28-18(19,20)21/h2-6,9,13H,7-8,10-11H2,1H3. The lowest BCUT2D eigenvalue weighted by Gasteiger charge is -2.32. The fourth-order valence-corrected chi connectivity index (χ4v) is 2.82. The Balaban J connectivity index is 1.53. The van der Waals surface area contributed by atoms with Gasteiger partial charge in [0, 0.05) is 43.8 Å². The summed E-state index contributed by atoms with van der Waals surface area (Å²) in [7, 11) is 1.46. The number of aromatic nitrogens is 2. The van der Waals surface area contributed by atoms with Crippen LogP contribution in [-0.2, 0) is 0 Å². The molecule has 0 spiro atoms. The molecule has 0 unspecified atom stereocenters. The Morgan fingerprint density at radius 1 is 1.14 bits per heavy atom. The molecule has 1 fully saturated rings. The lowest BCUT2D eigenvalue weighted by molar-refractivity contribution is -0.274. The lowest BCUT2D eigenvalue weighted by Crippen LogP contribution is -2.41. The second kappa shape index (κ2) is 8.32. The Morgan fingerprint density at radius 3 is 2.43 bits per heavy atom. The molecule has 10 heteroatoms. The first kappa shape index (κ1) is 19.7. The van der Waals surface area contributed by atoms with Crippen LogP contribution in [0.2, 0.25) is 0 Å². The number of carbonyl (C=O) groups excluding carboxylic acids is 1. The van der Waals surface area contributed by atoms with Gasteiger partial charge in [0.2, 0.25) is 5.88 Å². The second-order valence-electron chi connectivity index (χ2n) is 6.06. The molecule has 2 aromatic rings. The maximum Gasteiger partial charge on any atom is 0.573 e. The number of hydrogen-bond acceptors (Lipinski definition) is 6.